The lowest BCUT2D eigenvalue weighted by Gasteiger charge is -2.13. The highest BCUT2D eigenvalue weighted by atomic mass is 35.5. The molecule has 8 nitrogen and oxygen atoms in total. The first-order chi connectivity index (χ1) is 13.6. The summed E-state index contributed by atoms with van der Waals surface area (Å²) in [6.45, 7) is 0.896. The number of fused-ring (bicyclic) bond motifs is 2. The van der Waals surface area contributed by atoms with Crippen molar-refractivity contribution in [2.45, 2.75) is 17.6 Å². The molecule has 146 valence electrons. The molecule has 4 rings (SSSR count). The van der Waals surface area contributed by atoms with Gasteiger partial charge in [0, 0.05) is 30.9 Å². The first kappa shape index (κ1) is 19.0. The number of benzene rings is 1. The van der Waals surface area contributed by atoms with E-state index in [1.807, 2.05) is 12.1 Å². The molecule has 0 bridgehead atoms. The second-order valence-electron chi connectivity index (χ2n) is 6.35. The van der Waals surface area contributed by atoms with Crippen molar-refractivity contribution in [2.75, 3.05) is 26.0 Å². The maximum absolute atomic E-state index is 13.1. The van der Waals surface area contributed by atoms with Gasteiger partial charge in [0.05, 0.1) is 24.5 Å². The number of nitrogens with zero attached hydrogens (tertiary/aromatic N) is 4. The number of aromatic nitrogens is 4. The number of carbonyl (C=O) groups is 1. The van der Waals surface area contributed by atoms with Crippen LogP contribution in [0.1, 0.15) is 12.5 Å². The Bertz CT molecular complexity index is 1100. The first-order valence-corrected chi connectivity index (χ1v) is 10.1. The summed E-state index contributed by atoms with van der Waals surface area (Å²) in [6, 6.07) is 6.97. The van der Waals surface area contributed by atoms with Gasteiger partial charge in [0.25, 0.3) is 5.56 Å². The molecule has 10 heteroatoms. The standard InChI is InChI=1S/C18H18ClN5O3S/c1-27-6-5-20-15(25)8-13-10-28-18-22-16-14(17(26)23(13)18)9-21-24(16)12-4-2-3-11(19)7-12/h2-4,7,9,13H,5-6,8,10H2,1H3,(H,20,25)/t13-/m0/s1. The van der Waals surface area contributed by atoms with Crippen LogP contribution in [0.5, 0.6) is 0 Å². The molecule has 0 saturated carbocycles. The molecule has 0 unspecified atom stereocenters. The molecule has 1 aromatic carbocycles. The summed E-state index contributed by atoms with van der Waals surface area (Å²) in [5.74, 6) is 0.508. The minimum atomic E-state index is -0.235. The molecule has 1 N–H and O–H groups in total. The molecule has 3 heterocycles. The molecule has 1 aliphatic heterocycles. The summed E-state index contributed by atoms with van der Waals surface area (Å²) in [6.07, 6.45) is 1.73. The number of halogens is 1. The van der Waals surface area contributed by atoms with E-state index in [1.165, 1.54) is 18.0 Å². The summed E-state index contributed by atoms with van der Waals surface area (Å²) >= 11 is 7.54. The van der Waals surface area contributed by atoms with E-state index in [2.05, 4.69) is 15.4 Å². The van der Waals surface area contributed by atoms with Gasteiger partial charge in [-0.3, -0.25) is 14.2 Å². The van der Waals surface area contributed by atoms with Gasteiger partial charge in [0.1, 0.15) is 5.39 Å². The number of methoxy groups -OCH3 is 1. The molecule has 1 atom stereocenters. The molecule has 1 aliphatic rings. The summed E-state index contributed by atoms with van der Waals surface area (Å²) in [7, 11) is 1.58. The number of thioether (sulfide) groups is 1. The Hall–Kier alpha value is -2.36. The van der Waals surface area contributed by atoms with Crippen molar-refractivity contribution in [2.24, 2.45) is 0 Å². The van der Waals surface area contributed by atoms with Crippen molar-refractivity contribution in [3.63, 3.8) is 0 Å². The van der Waals surface area contributed by atoms with Gasteiger partial charge < -0.3 is 10.1 Å². The van der Waals surface area contributed by atoms with Crippen LogP contribution in [0.2, 0.25) is 5.02 Å². The highest BCUT2D eigenvalue weighted by Crippen LogP contribution is 2.33. The van der Waals surface area contributed by atoms with Gasteiger partial charge in [0.15, 0.2) is 10.8 Å². The van der Waals surface area contributed by atoms with Crippen molar-refractivity contribution in [1.82, 2.24) is 24.6 Å². The van der Waals surface area contributed by atoms with E-state index in [0.29, 0.717) is 40.1 Å². The van der Waals surface area contributed by atoms with Crippen LogP contribution in [0.15, 0.2) is 40.4 Å². The lowest BCUT2D eigenvalue weighted by molar-refractivity contribution is -0.121. The Morgan fingerprint density at radius 3 is 3.11 bits per heavy atom. The minimum Gasteiger partial charge on any atom is -0.383 e. The third-order valence-corrected chi connectivity index (χ3v) is 5.81. The molecule has 0 spiro atoms. The Morgan fingerprint density at radius 2 is 2.32 bits per heavy atom. The van der Waals surface area contributed by atoms with Gasteiger partial charge in [-0.05, 0) is 18.2 Å². The molecule has 2 aromatic heterocycles. The van der Waals surface area contributed by atoms with Crippen LogP contribution >= 0.6 is 23.4 Å². The monoisotopic (exact) mass is 419 g/mol. The van der Waals surface area contributed by atoms with Crippen molar-refractivity contribution in [3.05, 3.63) is 45.8 Å². The average Bonchev–Trinajstić information content (AvgIpc) is 3.27. The van der Waals surface area contributed by atoms with Crippen LogP contribution in [-0.4, -0.2) is 51.3 Å². The number of amides is 1. The summed E-state index contributed by atoms with van der Waals surface area (Å²) in [5.41, 5.74) is 1.03. The lowest BCUT2D eigenvalue weighted by Crippen LogP contribution is -2.32. The highest BCUT2D eigenvalue weighted by molar-refractivity contribution is 7.99. The number of rotatable bonds is 6. The van der Waals surface area contributed by atoms with Crippen molar-refractivity contribution >= 4 is 40.3 Å². The van der Waals surface area contributed by atoms with E-state index in [-0.39, 0.29) is 23.9 Å². The molecular formula is C18H18ClN5O3S. The van der Waals surface area contributed by atoms with Gasteiger partial charge in [-0.25, -0.2) is 9.67 Å². The summed E-state index contributed by atoms with van der Waals surface area (Å²) in [5, 5.41) is 8.70. The zero-order chi connectivity index (χ0) is 19.7. The van der Waals surface area contributed by atoms with Crippen LogP contribution < -0.4 is 10.9 Å². The van der Waals surface area contributed by atoms with E-state index < -0.39 is 0 Å². The molecular weight excluding hydrogens is 402 g/mol. The zero-order valence-corrected chi connectivity index (χ0v) is 16.7. The molecule has 0 fully saturated rings. The van der Waals surface area contributed by atoms with Gasteiger partial charge in [0.2, 0.25) is 5.91 Å². The first-order valence-electron chi connectivity index (χ1n) is 8.73. The van der Waals surface area contributed by atoms with E-state index in [4.69, 9.17) is 16.3 Å². The number of ether oxygens (including phenoxy) is 1. The van der Waals surface area contributed by atoms with Gasteiger partial charge in [-0.15, -0.1) is 0 Å². The van der Waals surface area contributed by atoms with Crippen LogP contribution in [-0.2, 0) is 9.53 Å². The zero-order valence-electron chi connectivity index (χ0n) is 15.1. The smallest absolute Gasteiger partial charge is 0.265 e. The second kappa shape index (κ2) is 7.94. The van der Waals surface area contributed by atoms with E-state index in [9.17, 15) is 9.59 Å². The maximum atomic E-state index is 13.1. The second-order valence-corrected chi connectivity index (χ2v) is 7.78. The van der Waals surface area contributed by atoms with Crippen LogP contribution in [0, 0.1) is 0 Å². The number of hydrogen-bond donors (Lipinski definition) is 1. The van der Waals surface area contributed by atoms with Crippen molar-refractivity contribution in [3.8, 4) is 5.69 Å². The molecule has 0 aliphatic carbocycles. The minimum absolute atomic E-state index is 0.114. The maximum Gasteiger partial charge on any atom is 0.265 e. The summed E-state index contributed by atoms with van der Waals surface area (Å²) < 4.78 is 8.14. The molecule has 1 amide bonds. The Kier molecular flexibility index (Phi) is 5.38. The van der Waals surface area contributed by atoms with E-state index >= 15 is 0 Å². The van der Waals surface area contributed by atoms with Gasteiger partial charge in [-0.1, -0.05) is 29.4 Å². The predicted octanol–water partition coefficient (Wildman–Crippen LogP) is 2.04. The van der Waals surface area contributed by atoms with Gasteiger partial charge >= 0.3 is 0 Å². The van der Waals surface area contributed by atoms with E-state index in [1.54, 1.807) is 28.5 Å². The normalized spacial score (nSPS) is 15.7. The third-order valence-electron chi connectivity index (χ3n) is 4.47. The number of carbonyl (C=O) groups excluding carboxylic acids is 1. The van der Waals surface area contributed by atoms with Gasteiger partial charge in [-0.2, -0.15) is 5.10 Å². The lowest BCUT2D eigenvalue weighted by atomic mass is 10.2. The Labute approximate surface area is 169 Å². The quantitative estimate of drug-likeness (QED) is 0.485. The predicted molar refractivity (Wildman–Crippen MR) is 107 cm³/mol. The van der Waals surface area contributed by atoms with Crippen LogP contribution in [0.4, 0.5) is 0 Å². The Balaban J connectivity index is 1.66. The van der Waals surface area contributed by atoms with Crippen molar-refractivity contribution in [1.29, 1.82) is 0 Å². The van der Waals surface area contributed by atoms with Crippen LogP contribution in [0.25, 0.3) is 16.7 Å². The molecule has 0 radical (unpaired) electrons. The number of nitrogens with one attached hydrogen (secondary N) is 1. The molecule has 0 saturated heterocycles. The van der Waals surface area contributed by atoms with Crippen LogP contribution in [0.3, 0.4) is 0 Å². The SMILES string of the molecule is COCCNC(=O)C[C@H]1CSc2nc3c(cnn3-c3cccc(Cl)c3)c(=O)n21. The average molecular weight is 420 g/mol. The Morgan fingerprint density at radius 1 is 1.46 bits per heavy atom. The van der Waals surface area contributed by atoms with Crippen molar-refractivity contribution < 1.29 is 9.53 Å². The fraction of sp³-hybridized carbons (Fsp3) is 0.333. The fourth-order valence-corrected chi connectivity index (χ4v) is 4.47. The molecule has 28 heavy (non-hydrogen) atoms. The largest absolute Gasteiger partial charge is 0.383 e. The third kappa shape index (κ3) is 3.52. The highest BCUT2D eigenvalue weighted by Gasteiger charge is 2.29. The number of hydrogen-bond acceptors (Lipinski definition) is 6. The topological polar surface area (TPSA) is 91.0 Å². The fourth-order valence-electron chi connectivity index (χ4n) is 3.16. The summed E-state index contributed by atoms with van der Waals surface area (Å²) in [4.78, 5) is 29.8. The van der Waals surface area contributed by atoms with E-state index in [0.717, 1.165) is 5.69 Å². The molecule has 3 aromatic rings.